The Bertz CT molecular complexity index is 1250. The number of benzene rings is 3. The molecule has 0 heterocycles. The van der Waals surface area contributed by atoms with Crippen molar-refractivity contribution in [1.29, 1.82) is 0 Å². The molecule has 1 atom stereocenters. The molecule has 7 nitrogen and oxygen atoms in total. The van der Waals surface area contributed by atoms with Crippen molar-refractivity contribution in [1.82, 2.24) is 14.5 Å². The fourth-order valence-electron chi connectivity index (χ4n) is 3.69. The third kappa shape index (κ3) is 6.45. The summed E-state index contributed by atoms with van der Waals surface area (Å²) in [6.45, 7) is 0.421. The van der Waals surface area contributed by atoms with Crippen molar-refractivity contribution in [3.05, 3.63) is 95.3 Å². The maximum Gasteiger partial charge on any atom is 0.251 e. The number of rotatable bonds is 10. The molecule has 3 aromatic carbocycles. The summed E-state index contributed by atoms with van der Waals surface area (Å²) < 4.78 is 46.5. The van der Waals surface area contributed by atoms with Gasteiger partial charge in [-0.2, -0.15) is 4.31 Å². The SMILES string of the molecule is COc1ccc(C(=O)NCC(c2ccc(F)cc2)N(C)C)cc1S(=O)(=O)N(C)Cc1ccccc1. The Balaban J connectivity index is 1.81. The molecule has 0 saturated carbocycles. The number of carbonyl (C=O) groups is 1. The van der Waals surface area contributed by atoms with Crippen molar-refractivity contribution in [2.24, 2.45) is 0 Å². The van der Waals surface area contributed by atoms with Crippen LogP contribution in [0.4, 0.5) is 4.39 Å². The average Bonchev–Trinajstić information content (AvgIpc) is 2.85. The van der Waals surface area contributed by atoms with Crippen LogP contribution < -0.4 is 10.1 Å². The van der Waals surface area contributed by atoms with Crippen molar-refractivity contribution in [2.45, 2.75) is 17.5 Å². The normalized spacial score (nSPS) is 12.5. The highest BCUT2D eigenvalue weighted by Crippen LogP contribution is 2.28. The first-order chi connectivity index (χ1) is 16.6. The topological polar surface area (TPSA) is 79.0 Å². The van der Waals surface area contributed by atoms with E-state index >= 15 is 0 Å². The number of sulfonamides is 1. The number of methoxy groups -OCH3 is 1. The first kappa shape index (κ1) is 26.3. The summed E-state index contributed by atoms with van der Waals surface area (Å²) in [7, 11) is 2.65. The van der Waals surface area contributed by atoms with E-state index in [4.69, 9.17) is 4.74 Å². The lowest BCUT2D eigenvalue weighted by Gasteiger charge is -2.25. The number of hydrogen-bond donors (Lipinski definition) is 1. The van der Waals surface area contributed by atoms with Gasteiger partial charge in [0.05, 0.1) is 13.2 Å². The van der Waals surface area contributed by atoms with E-state index < -0.39 is 15.9 Å². The van der Waals surface area contributed by atoms with Crippen molar-refractivity contribution in [3.63, 3.8) is 0 Å². The van der Waals surface area contributed by atoms with Crippen molar-refractivity contribution in [2.75, 3.05) is 34.8 Å². The molecule has 9 heteroatoms. The molecule has 0 aliphatic rings. The van der Waals surface area contributed by atoms with Gasteiger partial charge in [0.25, 0.3) is 5.91 Å². The van der Waals surface area contributed by atoms with E-state index in [0.29, 0.717) is 0 Å². The molecule has 1 unspecified atom stereocenters. The highest BCUT2D eigenvalue weighted by Gasteiger charge is 2.26. The number of ether oxygens (including phenoxy) is 1. The lowest BCUT2D eigenvalue weighted by molar-refractivity contribution is 0.0941. The molecule has 0 radical (unpaired) electrons. The molecule has 35 heavy (non-hydrogen) atoms. The largest absolute Gasteiger partial charge is 0.495 e. The standard InChI is InChI=1S/C26H30FN3O4S/c1-29(2)23(20-10-13-22(27)14-11-20)17-28-26(31)21-12-15-24(34-4)25(16-21)35(32,33)30(3)18-19-8-6-5-7-9-19/h5-16,23H,17-18H2,1-4H3,(H,28,31). The summed E-state index contributed by atoms with van der Waals surface area (Å²) in [5, 5.41) is 2.86. The summed E-state index contributed by atoms with van der Waals surface area (Å²) >= 11 is 0. The molecular formula is C26H30FN3O4S. The molecule has 3 rings (SSSR count). The first-order valence-electron chi connectivity index (χ1n) is 11.0. The molecule has 0 spiro atoms. The Labute approximate surface area is 206 Å². The van der Waals surface area contributed by atoms with Gasteiger partial charge in [-0.3, -0.25) is 4.79 Å². The highest BCUT2D eigenvalue weighted by atomic mass is 32.2. The van der Waals surface area contributed by atoms with Crippen LogP contribution in [-0.2, 0) is 16.6 Å². The Kier molecular flexibility index (Phi) is 8.61. The monoisotopic (exact) mass is 499 g/mol. The second-order valence-electron chi connectivity index (χ2n) is 8.35. The highest BCUT2D eigenvalue weighted by molar-refractivity contribution is 7.89. The minimum absolute atomic E-state index is 0.0891. The summed E-state index contributed by atoms with van der Waals surface area (Å²) in [6, 6.07) is 19.5. The van der Waals surface area contributed by atoms with Crippen molar-refractivity contribution < 1.29 is 22.3 Å². The minimum Gasteiger partial charge on any atom is -0.495 e. The maximum atomic E-state index is 13.3. The average molecular weight is 500 g/mol. The van der Waals surface area contributed by atoms with Crippen LogP contribution in [-0.4, -0.2) is 58.3 Å². The maximum absolute atomic E-state index is 13.3. The first-order valence-corrected chi connectivity index (χ1v) is 12.5. The van der Waals surface area contributed by atoms with Gasteiger partial charge in [0.1, 0.15) is 16.5 Å². The third-order valence-corrected chi connectivity index (χ3v) is 7.52. The van der Waals surface area contributed by atoms with Crippen LogP contribution in [0.1, 0.15) is 27.5 Å². The molecule has 0 aromatic heterocycles. The van der Waals surface area contributed by atoms with Crippen LogP contribution >= 0.6 is 0 Å². The van der Waals surface area contributed by atoms with Gasteiger partial charge < -0.3 is 15.0 Å². The van der Waals surface area contributed by atoms with E-state index in [2.05, 4.69) is 5.32 Å². The van der Waals surface area contributed by atoms with Crippen LogP contribution in [0, 0.1) is 5.82 Å². The Morgan fingerprint density at radius 1 is 1.00 bits per heavy atom. The lowest BCUT2D eigenvalue weighted by atomic mass is 10.1. The van der Waals surface area contributed by atoms with Gasteiger partial charge in [-0.05, 0) is 55.6 Å². The van der Waals surface area contributed by atoms with Gasteiger partial charge in [-0.15, -0.1) is 0 Å². The van der Waals surface area contributed by atoms with Crippen molar-refractivity contribution in [3.8, 4) is 5.75 Å². The molecule has 0 saturated heterocycles. The van der Waals surface area contributed by atoms with Gasteiger partial charge >= 0.3 is 0 Å². The summed E-state index contributed by atoms with van der Waals surface area (Å²) in [5.74, 6) is -0.609. The predicted octanol–water partition coefficient (Wildman–Crippen LogP) is 3.69. The molecule has 0 aliphatic carbocycles. The molecule has 0 aliphatic heterocycles. The fourth-order valence-corrected chi connectivity index (χ4v) is 5.02. The summed E-state index contributed by atoms with van der Waals surface area (Å²) in [4.78, 5) is 14.8. The fraction of sp³-hybridized carbons (Fsp3) is 0.269. The zero-order valence-electron chi connectivity index (χ0n) is 20.2. The van der Waals surface area contributed by atoms with Gasteiger partial charge in [-0.25, -0.2) is 12.8 Å². The third-order valence-electron chi connectivity index (χ3n) is 5.70. The van der Waals surface area contributed by atoms with E-state index in [-0.39, 0.29) is 41.2 Å². The lowest BCUT2D eigenvalue weighted by Crippen LogP contribution is -2.34. The number of amides is 1. The zero-order chi connectivity index (χ0) is 25.6. The van der Waals surface area contributed by atoms with Gasteiger partial charge in [0, 0.05) is 25.7 Å². The zero-order valence-corrected chi connectivity index (χ0v) is 21.0. The number of carbonyl (C=O) groups excluding carboxylic acids is 1. The van der Waals surface area contributed by atoms with E-state index in [0.717, 1.165) is 11.1 Å². The number of nitrogens with one attached hydrogen (secondary N) is 1. The Morgan fingerprint density at radius 2 is 1.66 bits per heavy atom. The minimum atomic E-state index is -3.94. The van der Waals surface area contributed by atoms with Gasteiger partial charge in [-0.1, -0.05) is 42.5 Å². The number of hydrogen-bond acceptors (Lipinski definition) is 5. The van der Waals surface area contributed by atoms with Crippen LogP contribution in [0.2, 0.25) is 0 Å². The van der Waals surface area contributed by atoms with E-state index in [1.54, 1.807) is 12.1 Å². The van der Waals surface area contributed by atoms with Crippen LogP contribution in [0.3, 0.4) is 0 Å². The molecule has 186 valence electrons. The Morgan fingerprint density at radius 3 is 2.26 bits per heavy atom. The van der Waals surface area contributed by atoms with Crippen LogP contribution in [0.15, 0.2) is 77.7 Å². The molecule has 1 N–H and O–H groups in total. The molecule has 0 bridgehead atoms. The second-order valence-corrected chi connectivity index (χ2v) is 10.4. The predicted molar refractivity (Wildman–Crippen MR) is 133 cm³/mol. The smallest absolute Gasteiger partial charge is 0.251 e. The molecular weight excluding hydrogens is 469 g/mol. The van der Waals surface area contributed by atoms with Crippen molar-refractivity contribution >= 4 is 15.9 Å². The quantitative estimate of drug-likeness (QED) is 0.460. The summed E-state index contributed by atoms with van der Waals surface area (Å²) in [6.07, 6.45) is 0. The van der Waals surface area contributed by atoms with Crippen LogP contribution in [0.25, 0.3) is 0 Å². The molecule has 0 fully saturated rings. The molecule has 1 amide bonds. The number of halogens is 1. The van der Waals surface area contributed by atoms with E-state index in [1.165, 1.54) is 48.8 Å². The molecule has 3 aromatic rings. The number of likely N-dealkylation sites (N-methyl/N-ethyl adjacent to an activating group) is 1. The van der Waals surface area contributed by atoms with Crippen LogP contribution in [0.5, 0.6) is 5.75 Å². The van der Waals surface area contributed by atoms with Gasteiger partial charge in [0.15, 0.2) is 0 Å². The Hall–Kier alpha value is -3.27. The summed E-state index contributed by atoms with van der Waals surface area (Å²) in [5.41, 5.74) is 1.87. The van der Waals surface area contributed by atoms with E-state index in [1.807, 2.05) is 49.3 Å². The number of nitrogens with zero attached hydrogens (tertiary/aromatic N) is 2. The van der Waals surface area contributed by atoms with Gasteiger partial charge in [0.2, 0.25) is 10.0 Å². The van der Waals surface area contributed by atoms with E-state index in [9.17, 15) is 17.6 Å². The second kappa shape index (κ2) is 11.4.